The fraction of sp³-hybridized carbons (Fsp3) is 0.444. The molecule has 0 fully saturated rings. The van der Waals surface area contributed by atoms with Crippen molar-refractivity contribution in [3.8, 4) is 5.69 Å². The van der Waals surface area contributed by atoms with Crippen LogP contribution in [0.25, 0.3) is 5.69 Å². The van der Waals surface area contributed by atoms with Gasteiger partial charge in [0.1, 0.15) is 0 Å². The first-order valence-electron chi connectivity index (χ1n) is 7.89. The standard InChI is InChI=1S/C18H26N4O/c1-12(2)17(21(5)6)18(23)20-15-7-9-16(10-8-15)22-11-19-13(3)14(22)4/h7-12,17H,1-6H3,(H,20,23)/t17-/m1/s1. The van der Waals surface area contributed by atoms with Crippen LogP contribution in [0, 0.1) is 19.8 Å². The van der Waals surface area contributed by atoms with Crippen molar-refractivity contribution in [3.63, 3.8) is 0 Å². The Kier molecular flexibility index (Phi) is 5.21. The second kappa shape index (κ2) is 6.96. The molecule has 0 saturated heterocycles. The molecule has 1 aromatic carbocycles. The van der Waals surface area contributed by atoms with Gasteiger partial charge in [-0.1, -0.05) is 13.8 Å². The van der Waals surface area contributed by atoms with Gasteiger partial charge in [0.25, 0.3) is 0 Å². The molecular formula is C18H26N4O. The Morgan fingerprint density at radius 1 is 1.17 bits per heavy atom. The third kappa shape index (κ3) is 3.79. The van der Waals surface area contributed by atoms with Crippen LogP contribution in [0.3, 0.4) is 0 Å². The molecule has 0 radical (unpaired) electrons. The maximum absolute atomic E-state index is 12.4. The molecule has 0 unspecified atom stereocenters. The lowest BCUT2D eigenvalue weighted by Gasteiger charge is -2.26. The molecule has 0 saturated carbocycles. The van der Waals surface area contributed by atoms with Gasteiger partial charge in [0.15, 0.2) is 0 Å². The van der Waals surface area contributed by atoms with Crippen molar-refractivity contribution in [2.75, 3.05) is 19.4 Å². The van der Waals surface area contributed by atoms with Gasteiger partial charge in [-0.05, 0) is 58.1 Å². The smallest absolute Gasteiger partial charge is 0.241 e. The van der Waals surface area contributed by atoms with Crippen LogP contribution in [-0.2, 0) is 4.79 Å². The van der Waals surface area contributed by atoms with Crippen LogP contribution in [-0.4, -0.2) is 40.5 Å². The number of rotatable bonds is 5. The number of carbonyl (C=O) groups is 1. The van der Waals surface area contributed by atoms with Gasteiger partial charge in [0.2, 0.25) is 5.91 Å². The van der Waals surface area contributed by atoms with Crippen molar-refractivity contribution in [1.29, 1.82) is 0 Å². The van der Waals surface area contributed by atoms with Gasteiger partial charge < -0.3 is 9.88 Å². The Morgan fingerprint density at radius 3 is 2.22 bits per heavy atom. The predicted molar refractivity (Wildman–Crippen MR) is 94.0 cm³/mol. The molecule has 1 N–H and O–H groups in total. The van der Waals surface area contributed by atoms with Crippen molar-refractivity contribution in [2.45, 2.75) is 33.7 Å². The number of aromatic nitrogens is 2. The summed E-state index contributed by atoms with van der Waals surface area (Å²) in [4.78, 5) is 18.7. The number of aryl methyl sites for hydroxylation is 1. The predicted octanol–water partition coefficient (Wildman–Crippen LogP) is 3.01. The van der Waals surface area contributed by atoms with Crippen molar-refractivity contribution in [2.24, 2.45) is 5.92 Å². The Balaban J connectivity index is 2.14. The summed E-state index contributed by atoms with van der Waals surface area (Å²) in [6, 6.07) is 7.69. The third-order valence-electron chi connectivity index (χ3n) is 4.12. The molecule has 2 rings (SSSR count). The van der Waals surface area contributed by atoms with Crippen molar-refractivity contribution in [3.05, 3.63) is 42.0 Å². The summed E-state index contributed by atoms with van der Waals surface area (Å²) < 4.78 is 2.04. The van der Waals surface area contributed by atoms with Gasteiger partial charge in [0.05, 0.1) is 18.1 Å². The number of hydrogen-bond acceptors (Lipinski definition) is 3. The molecule has 2 aromatic rings. The highest BCUT2D eigenvalue weighted by atomic mass is 16.2. The highest BCUT2D eigenvalue weighted by Gasteiger charge is 2.24. The van der Waals surface area contributed by atoms with Crippen molar-refractivity contribution in [1.82, 2.24) is 14.5 Å². The zero-order valence-electron chi connectivity index (χ0n) is 14.8. The summed E-state index contributed by atoms with van der Waals surface area (Å²) in [5.74, 6) is 0.272. The second-order valence-electron chi connectivity index (χ2n) is 6.47. The van der Waals surface area contributed by atoms with E-state index in [-0.39, 0.29) is 17.9 Å². The van der Waals surface area contributed by atoms with E-state index in [1.165, 1.54) is 0 Å². The summed E-state index contributed by atoms with van der Waals surface area (Å²) in [6.45, 7) is 8.14. The molecule has 5 heteroatoms. The molecule has 1 atom stereocenters. The summed E-state index contributed by atoms with van der Waals surface area (Å²) in [6.07, 6.45) is 1.82. The lowest BCUT2D eigenvalue weighted by molar-refractivity contribution is -0.121. The van der Waals surface area contributed by atoms with Gasteiger partial charge in [-0.3, -0.25) is 9.69 Å². The fourth-order valence-electron chi connectivity index (χ4n) is 2.81. The molecule has 0 bridgehead atoms. The van der Waals surface area contributed by atoms with E-state index in [0.29, 0.717) is 0 Å². The first kappa shape index (κ1) is 17.2. The minimum Gasteiger partial charge on any atom is -0.325 e. The zero-order valence-corrected chi connectivity index (χ0v) is 14.8. The summed E-state index contributed by atoms with van der Waals surface area (Å²) >= 11 is 0. The molecule has 0 aliphatic heterocycles. The van der Waals surface area contributed by atoms with E-state index < -0.39 is 0 Å². The zero-order chi connectivity index (χ0) is 17.1. The quantitative estimate of drug-likeness (QED) is 0.923. The van der Waals surface area contributed by atoms with E-state index in [1.54, 1.807) is 0 Å². The van der Waals surface area contributed by atoms with Gasteiger partial charge in [-0.25, -0.2) is 4.98 Å². The average molecular weight is 314 g/mol. The van der Waals surface area contributed by atoms with Crippen LogP contribution < -0.4 is 5.32 Å². The number of imidazole rings is 1. The average Bonchev–Trinajstić information content (AvgIpc) is 2.79. The number of carbonyl (C=O) groups excluding carboxylic acids is 1. The van der Waals surface area contributed by atoms with Gasteiger partial charge in [0, 0.05) is 17.1 Å². The minimum absolute atomic E-state index is 0.0207. The molecule has 0 aliphatic carbocycles. The molecule has 1 amide bonds. The number of likely N-dealkylation sites (N-methyl/N-ethyl adjacent to an activating group) is 1. The third-order valence-corrected chi connectivity index (χ3v) is 4.12. The Hall–Kier alpha value is -2.14. The molecule has 23 heavy (non-hydrogen) atoms. The van der Waals surface area contributed by atoms with Gasteiger partial charge in [-0.2, -0.15) is 0 Å². The van der Waals surface area contributed by atoms with Crippen molar-refractivity contribution >= 4 is 11.6 Å². The highest BCUT2D eigenvalue weighted by molar-refractivity contribution is 5.95. The van der Waals surface area contributed by atoms with E-state index in [4.69, 9.17) is 0 Å². The number of anilines is 1. The van der Waals surface area contributed by atoms with E-state index >= 15 is 0 Å². The van der Waals surface area contributed by atoms with Gasteiger partial charge in [-0.15, -0.1) is 0 Å². The summed E-state index contributed by atoms with van der Waals surface area (Å²) in [7, 11) is 3.86. The largest absolute Gasteiger partial charge is 0.325 e. The monoisotopic (exact) mass is 314 g/mol. The van der Waals surface area contributed by atoms with E-state index in [1.807, 2.05) is 68.0 Å². The maximum Gasteiger partial charge on any atom is 0.241 e. The Morgan fingerprint density at radius 2 is 1.78 bits per heavy atom. The number of nitrogens with zero attached hydrogens (tertiary/aromatic N) is 3. The lowest BCUT2D eigenvalue weighted by atomic mass is 10.0. The Bertz CT molecular complexity index is 663. The summed E-state index contributed by atoms with van der Waals surface area (Å²) in [5, 5.41) is 3.00. The highest BCUT2D eigenvalue weighted by Crippen LogP contribution is 2.18. The van der Waals surface area contributed by atoms with Crippen LogP contribution in [0.5, 0.6) is 0 Å². The summed E-state index contributed by atoms with van der Waals surface area (Å²) in [5.41, 5.74) is 3.98. The lowest BCUT2D eigenvalue weighted by Crippen LogP contribution is -2.43. The van der Waals surface area contributed by atoms with Crippen LogP contribution >= 0.6 is 0 Å². The first-order chi connectivity index (χ1) is 10.8. The van der Waals surface area contributed by atoms with Crippen LogP contribution in [0.1, 0.15) is 25.2 Å². The van der Waals surface area contributed by atoms with Gasteiger partial charge >= 0.3 is 0 Å². The van der Waals surface area contributed by atoms with Crippen LogP contribution in [0.4, 0.5) is 5.69 Å². The van der Waals surface area contributed by atoms with E-state index in [2.05, 4.69) is 24.1 Å². The second-order valence-corrected chi connectivity index (χ2v) is 6.47. The first-order valence-corrected chi connectivity index (χ1v) is 7.89. The van der Waals surface area contributed by atoms with Crippen LogP contribution in [0.2, 0.25) is 0 Å². The van der Waals surface area contributed by atoms with E-state index in [9.17, 15) is 4.79 Å². The van der Waals surface area contributed by atoms with Crippen LogP contribution in [0.15, 0.2) is 30.6 Å². The molecule has 1 aromatic heterocycles. The van der Waals surface area contributed by atoms with E-state index in [0.717, 1.165) is 22.8 Å². The molecule has 0 aliphatic rings. The molecule has 0 spiro atoms. The SMILES string of the molecule is Cc1ncn(-c2ccc(NC(=O)[C@@H](C(C)C)N(C)C)cc2)c1C. The maximum atomic E-state index is 12.4. The number of hydrogen-bond donors (Lipinski definition) is 1. The fourth-order valence-corrected chi connectivity index (χ4v) is 2.81. The number of nitrogens with one attached hydrogen (secondary N) is 1. The number of benzene rings is 1. The minimum atomic E-state index is -0.145. The molecule has 1 heterocycles. The topological polar surface area (TPSA) is 50.2 Å². The Labute approximate surface area is 138 Å². The van der Waals surface area contributed by atoms with Crippen molar-refractivity contribution < 1.29 is 4.79 Å². The molecular weight excluding hydrogens is 288 g/mol. The number of amides is 1. The normalized spacial score (nSPS) is 12.7. The molecule has 5 nitrogen and oxygen atoms in total. The molecule has 124 valence electrons.